The van der Waals surface area contributed by atoms with Crippen LogP contribution in [0.5, 0.6) is 0 Å². The van der Waals surface area contributed by atoms with Crippen molar-refractivity contribution in [2.24, 2.45) is 0 Å². The topological polar surface area (TPSA) is 449 Å². The Balaban J connectivity index is 0.000000117. The lowest BCUT2D eigenvalue weighted by atomic mass is 10.0. The standard InChI is InChI=1S/C28H33N7O3S.2C27H30N6O3S.C25H28N8O3S/c1-3-20(16-34-8-10-38-11-9-34)32-28(37)24-7-6-23(39-24)22-14-25(31-21-4-5-21)35-27(33-22)19(15-29-35)12-18-13-26(36)30-17(18)2;2*1-16-17(12-25(34)29-16)11-18-14-28-33-24(30-19-6-7-19)13-21(31-26(18)33)22-8-9-23(37-22)27(35)32-10-4-3-5-20(32)15-36-2;1-15-18(30-25(36)27-15)12-16-14-26-33-22(28-17-2-3-17)13-19(29-23(16)33)20-4-5-21(37-20)24(35)32-8-6-31(7-9-32)10-11-34/h6-7,12,14-15,20-21,31H,2-5,8-11,13,16H2,1H3,(H,30,36)(H,32,37);2*8-9,11,13-14,19-20,30H,1,3-7,10,12,15H2,2H3,(H,29,34);4-5,12-14,17,28,34H,1-3,6-11H2,(H2,27,30,36)/b18-12+;2*17-11+;18-12-. The van der Waals surface area contributed by atoms with Crippen LogP contribution >= 0.6 is 45.3 Å². The van der Waals surface area contributed by atoms with Gasteiger partial charge in [0.1, 0.15) is 23.3 Å². The number of anilines is 4. The largest absolute Gasteiger partial charge is 0.395 e. The van der Waals surface area contributed by atoms with Crippen LogP contribution in [-0.2, 0) is 28.6 Å². The van der Waals surface area contributed by atoms with Crippen molar-refractivity contribution < 1.29 is 52.9 Å². The molecule has 0 bridgehead atoms. The van der Waals surface area contributed by atoms with E-state index in [4.69, 9.17) is 39.3 Å². The van der Waals surface area contributed by atoms with Crippen LogP contribution < -0.4 is 58.9 Å². The van der Waals surface area contributed by atoms with Crippen LogP contribution in [0.25, 0.3) is 95.8 Å². The highest BCUT2D eigenvalue weighted by molar-refractivity contribution is 7.18. The number of aliphatic hydroxyl groups is 1. The number of likely N-dealkylation sites (tertiary alicyclic amines) is 2. The lowest BCUT2D eigenvalue weighted by molar-refractivity contribution is -0.119. The van der Waals surface area contributed by atoms with Gasteiger partial charge in [-0.3, -0.25) is 43.4 Å². The summed E-state index contributed by atoms with van der Waals surface area (Å²) in [5, 5.41) is 54.2. The van der Waals surface area contributed by atoms with Gasteiger partial charge >= 0.3 is 5.69 Å². The fraction of sp³-hybridized carbons (Fsp3) is 0.402. The molecule has 4 aliphatic carbocycles. The molecule has 0 spiro atoms. The number of aromatic nitrogens is 14. The van der Waals surface area contributed by atoms with E-state index in [1.165, 1.54) is 45.3 Å². The molecule has 24 rings (SSSR count). The number of amides is 7. The van der Waals surface area contributed by atoms with Crippen molar-refractivity contribution in [1.82, 2.24) is 114 Å². The number of piperazine rings is 1. The van der Waals surface area contributed by atoms with Crippen molar-refractivity contribution in [1.29, 1.82) is 0 Å². The van der Waals surface area contributed by atoms with Crippen molar-refractivity contribution in [3.8, 4) is 42.3 Å². The maximum atomic E-state index is 13.4. The van der Waals surface area contributed by atoms with E-state index in [1.807, 2.05) is 115 Å². The van der Waals surface area contributed by atoms with Crippen LogP contribution in [-0.4, -0.2) is 294 Å². The number of β-amino-alcohol motifs (C(OH)–C–C–N with tert-alkyl or cyclic N) is 1. The summed E-state index contributed by atoms with van der Waals surface area (Å²) in [7, 11) is 3.38. The number of hydrogen-bond acceptors (Lipinski definition) is 30. The molecule has 11 aliphatic rings. The minimum Gasteiger partial charge on any atom is -0.395 e. The molecule has 11 fully saturated rings. The summed E-state index contributed by atoms with van der Waals surface area (Å²) in [5.41, 5.74) is 13.0. The second kappa shape index (κ2) is 44.9. The molecule has 11 N–H and O–H groups in total. The Morgan fingerprint density at radius 1 is 0.460 bits per heavy atom. The number of aromatic amines is 2. The number of morpholine rings is 1. The number of aliphatic hydroxyl groups excluding tert-OH is 1. The number of fused-ring (bicyclic) bond motifs is 4. The summed E-state index contributed by atoms with van der Waals surface area (Å²) >= 11 is 5.80. The number of ether oxygens (including phenoxy) is 3. The number of carbonyl (C=O) groups is 7. The van der Waals surface area contributed by atoms with Gasteiger partial charge in [0.15, 0.2) is 22.6 Å². The van der Waals surface area contributed by atoms with E-state index in [-0.39, 0.29) is 78.2 Å². The van der Waals surface area contributed by atoms with Gasteiger partial charge in [-0.25, -0.2) is 24.7 Å². The second-order valence-electron chi connectivity index (χ2n) is 39.6. The smallest absolute Gasteiger partial charge is 0.323 e. The zero-order valence-electron chi connectivity index (χ0n) is 83.9. The Bertz CT molecular complexity index is 7470. The molecular formula is C107H121N27O12S4. The van der Waals surface area contributed by atoms with Gasteiger partial charge in [-0.2, -0.15) is 38.5 Å². The summed E-state index contributed by atoms with van der Waals surface area (Å²) in [6.45, 7) is 28.2. The molecule has 7 aliphatic heterocycles. The highest BCUT2D eigenvalue weighted by Gasteiger charge is 2.36. The van der Waals surface area contributed by atoms with Gasteiger partial charge in [0.25, 0.3) is 23.6 Å². The van der Waals surface area contributed by atoms with E-state index in [0.29, 0.717) is 140 Å². The molecule has 20 heterocycles. The van der Waals surface area contributed by atoms with Gasteiger partial charge in [0.05, 0.1) is 162 Å². The van der Waals surface area contributed by atoms with E-state index >= 15 is 0 Å². The predicted molar refractivity (Wildman–Crippen MR) is 580 cm³/mol. The summed E-state index contributed by atoms with van der Waals surface area (Å²) in [6, 6.07) is 25.4. The average molecular weight is 2110 g/mol. The number of nitrogens with one attached hydrogen (secondary N) is 10. The fourth-order valence-corrected chi connectivity index (χ4v) is 23.1. The molecule has 780 valence electrons. The maximum Gasteiger partial charge on any atom is 0.323 e. The normalized spacial score (nSPS) is 19.9. The first kappa shape index (κ1) is 102. The zero-order valence-corrected chi connectivity index (χ0v) is 87.2. The minimum absolute atomic E-state index is 0.0232. The number of hydrogen-bond donors (Lipinski definition) is 11. The highest BCUT2D eigenvalue weighted by Crippen LogP contribution is 2.41. The van der Waals surface area contributed by atoms with E-state index < -0.39 is 0 Å². The molecule has 43 heteroatoms. The molecule has 0 aromatic carbocycles. The third-order valence-electron chi connectivity index (χ3n) is 28.2. The molecule has 7 amide bonds. The monoisotopic (exact) mass is 2100 g/mol. The van der Waals surface area contributed by atoms with Crippen molar-refractivity contribution >= 4 is 163 Å². The quantitative estimate of drug-likeness (QED) is 0.0199. The van der Waals surface area contributed by atoms with Crippen LogP contribution in [0.3, 0.4) is 0 Å². The highest BCUT2D eigenvalue weighted by atomic mass is 32.1. The number of thiophene rings is 4. The molecular weight excluding hydrogens is 1980 g/mol. The van der Waals surface area contributed by atoms with Crippen LogP contribution in [0.2, 0.25) is 0 Å². The number of carbonyl (C=O) groups excluding carboxylic acids is 7. The first-order chi connectivity index (χ1) is 72.9. The fourth-order valence-electron chi connectivity index (χ4n) is 19.4. The zero-order chi connectivity index (χ0) is 103. The number of H-pyrrole nitrogens is 2. The average Bonchev–Trinajstić information content (AvgIpc) is 1.63. The van der Waals surface area contributed by atoms with E-state index in [0.717, 1.165) is 260 Å². The lowest BCUT2D eigenvalue weighted by Gasteiger charge is -2.35. The Hall–Kier alpha value is -14.3. The Morgan fingerprint density at radius 2 is 0.827 bits per heavy atom. The second-order valence-corrected chi connectivity index (χ2v) is 43.9. The van der Waals surface area contributed by atoms with Crippen molar-refractivity contribution in [3.05, 3.63) is 214 Å². The van der Waals surface area contributed by atoms with Crippen molar-refractivity contribution in [2.75, 3.05) is 134 Å². The van der Waals surface area contributed by atoms with Gasteiger partial charge in [-0.05, 0) is 186 Å². The molecule has 13 aromatic heterocycles. The SMILES string of the molecule is C=C1NC(=O)C/C1=C\c1cnn2c(NC3CC3)cc(-c3ccc(C(=O)N4CCCCC4COC)s3)nc12.C=C1NC(=O)C/C1=C\c1cnn2c(NC3CC3)cc(-c3ccc(C(=O)N4CCCCC4COC)s3)nc12.C=C1NC(=O)C/C1=C\c1cnn2c(NC3CC3)cc(-c3ccc(C(=O)NC(CC)CN4CCOCC4)s3)nc12.C=c1[nH]c(=O)[nH]/c1=C\c1cnn2c(NC3CC3)cc(-c3ccc(C(=O)N4CCN(CCO)CC4)s3)nc12. The molecule has 13 aromatic rings. The van der Waals surface area contributed by atoms with Crippen LogP contribution in [0.4, 0.5) is 23.3 Å². The summed E-state index contributed by atoms with van der Waals surface area (Å²) in [6.07, 6.45) is 31.5. The molecule has 150 heavy (non-hydrogen) atoms. The number of rotatable bonds is 30. The molecule has 4 saturated carbocycles. The molecule has 7 saturated heterocycles. The van der Waals surface area contributed by atoms with E-state index in [2.05, 4.69) is 116 Å². The Labute approximate surface area is 879 Å². The van der Waals surface area contributed by atoms with Gasteiger partial charge in [-0.15, -0.1) is 45.3 Å². The van der Waals surface area contributed by atoms with Gasteiger partial charge in [-0.1, -0.05) is 33.2 Å². The van der Waals surface area contributed by atoms with Crippen LogP contribution in [0.1, 0.15) is 183 Å². The van der Waals surface area contributed by atoms with Crippen LogP contribution in [0, 0.1) is 0 Å². The maximum absolute atomic E-state index is 13.4. The van der Waals surface area contributed by atoms with Crippen molar-refractivity contribution in [3.63, 3.8) is 0 Å². The summed E-state index contributed by atoms with van der Waals surface area (Å²) < 4.78 is 23.4. The van der Waals surface area contributed by atoms with Crippen molar-refractivity contribution in [2.45, 2.75) is 165 Å². The van der Waals surface area contributed by atoms with Gasteiger partial charge in [0, 0.05) is 173 Å². The Kier molecular flexibility index (Phi) is 30.4. The number of piperidine rings is 2. The molecule has 3 atom stereocenters. The van der Waals surface area contributed by atoms with E-state index in [9.17, 15) is 38.4 Å². The predicted octanol–water partition coefficient (Wildman–Crippen LogP) is 11.5. The molecule has 39 nitrogen and oxygen atoms in total. The number of allylic oxidation sites excluding steroid dienone is 3. The Morgan fingerprint density at radius 3 is 1.17 bits per heavy atom. The third-order valence-corrected chi connectivity index (χ3v) is 32.6. The summed E-state index contributed by atoms with van der Waals surface area (Å²) in [5.74, 6) is 3.32. The number of imidazole rings is 1. The number of methoxy groups -OCH3 is 2. The van der Waals surface area contributed by atoms with Gasteiger partial charge < -0.3 is 86.5 Å². The first-order valence-electron chi connectivity index (χ1n) is 51.4. The first-order valence-corrected chi connectivity index (χ1v) is 54.6. The molecule has 0 radical (unpaired) electrons. The van der Waals surface area contributed by atoms with E-state index in [1.54, 1.807) is 54.1 Å². The minimum atomic E-state index is -0.317. The molecule has 3 unspecified atom stereocenters. The lowest BCUT2D eigenvalue weighted by Crippen LogP contribution is -2.49. The van der Waals surface area contributed by atoms with Crippen LogP contribution in [0.15, 0.2) is 156 Å². The third kappa shape index (κ3) is 23.5. The summed E-state index contributed by atoms with van der Waals surface area (Å²) in [4.78, 5) is 142. The number of nitrogens with zero attached hydrogens (tertiary/aromatic N) is 17. The van der Waals surface area contributed by atoms with Gasteiger partial charge in [0.2, 0.25) is 17.7 Å².